The number of nitrogens with two attached hydrogens (primary N) is 1. The van der Waals surface area contributed by atoms with Gasteiger partial charge in [0.25, 0.3) is 0 Å². The average molecular weight is 182 g/mol. The number of nitrogens with zero attached hydrogens (tertiary/aromatic N) is 3. The van der Waals surface area contributed by atoms with Gasteiger partial charge in [-0.05, 0) is 12.3 Å². The molecule has 1 unspecified atom stereocenters. The zero-order valence-electron chi connectivity index (χ0n) is 8.57. The Morgan fingerprint density at radius 1 is 1.54 bits per heavy atom. The van der Waals surface area contributed by atoms with E-state index in [1.165, 1.54) is 0 Å². The first kappa shape index (κ1) is 10.2. The Morgan fingerprint density at radius 2 is 2.23 bits per heavy atom. The number of aromatic nitrogens is 3. The normalized spacial score (nSPS) is 13.6. The second-order valence-electron chi connectivity index (χ2n) is 3.98. The second kappa shape index (κ2) is 4.37. The van der Waals surface area contributed by atoms with Crippen LogP contribution < -0.4 is 5.73 Å². The SMILES string of the molecule is CC(C)CC(N)Cc1cn(C)nn1. The van der Waals surface area contributed by atoms with E-state index >= 15 is 0 Å². The molecule has 13 heavy (non-hydrogen) atoms. The maximum absolute atomic E-state index is 5.94. The zero-order chi connectivity index (χ0) is 9.84. The van der Waals surface area contributed by atoms with Crippen LogP contribution >= 0.6 is 0 Å². The maximum atomic E-state index is 5.94. The molecule has 1 aromatic rings. The lowest BCUT2D eigenvalue weighted by Gasteiger charge is -2.11. The molecule has 2 N–H and O–H groups in total. The largest absolute Gasteiger partial charge is 0.327 e. The molecule has 0 radical (unpaired) electrons. The van der Waals surface area contributed by atoms with Crippen molar-refractivity contribution in [1.82, 2.24) is 15.0 Å². The molecule has 1 rings (SSSR count). The molecule has 0 fully saturated rings. The first-order chi connectivity index (χ1) is 6.08. The van der Waals surface area contributed by atoms with Crippen molar-refractivity contribution < 1.29 is 0 Å². The summed E-state index contributed by atoms with van der Waals surface area (Å²) in [5, 5.41) is 7.86. The minimum absolute atomic E-state index is 0.205. The molecular weight excluding hydrogens is 164 g/mol. The molecule has 0 bridgehead atoms. The molecular formula is C9H18N4. The lowest BCUT2D eigenvalue weighted by Crippen LogP contribution is -2.24. The fourth-order valence-corrected chi connectivity index (χ4v) is 1.45. The molecule has 0 amide bonds. The van der Waals surface area contributed by atoms with E-state index in [4.69, 9.17) is 5.73 Å². The number of rotatable bonds is 4. The van der Waals surface area contributed by atoms with Gasteiger partial charge in [-0.2, -0.15) is 0 Å². The first-order valence-corrected chi connectivity index (χ1v) is 4.68. The van der Waals surface area contributed by atoms with E-state index in [0.29, 0.717) is 5.92 Å². The number of hydrogen-bond donors (Lipinski definition) is 1. The third-order valence-corrected chi connectivity index (χ3v) is 1.90. The average Bonchev–Trinajstić information content (AvgIpc) is 2.33. The summed E-state index contributed by atoms with van der Waals surface area (Å²) < 4.78 is 1.71. The van der Waals surface area contributed by atoms with Crippen molar-refractivity contribution in [3.63, 3.8) is 0 Å². The lowest BCUT2D eigenvalue weighted by atomic mass is 10.0. The van der Waals surface area contributed by atoms with Crippen LogP contribution in [0.3, 0.4) is 0 Å². The van der Waals surface area contributed by atoms with Gasteiger partial charge in [-0.1, -0.05) is 19.1 Å². The summed E-state index contributed by atoms with van der Waals surface area (Å²) in [5.74, 6) is 0.645. The van der Waals surface area contributed by atoms with Crippen LogP contribution in [-0.2, 0) is 13.5 Å². The standard InChI is InChI=1S/C9H18N4/c1-7(2)4-8(10)5-9-6-13(3)12-11-9/h6-8H,4-5,10H2,1-3H3. The van der Waals surface area contributed by atoms with E-state index in [9.17, 15) is 0 Å². The highest BCUT2D eigenvalue weighted by molar-refractivity contribution is 4.95. The van der Waals surface area contributed by atoms with E-state index in [1.54, 1.807) is 4.68 Å². The maximum Gasteiger partial charge on any atom is 0.0842 e. The van der Waals surface area contributed by atoms with E-state index in [0.717, 1.165) is 18.5 Å². The van der Waals surface area contributed by atoms with Gasteiger partial charge >= 0.3 is 0 Å². The smallest absolute Gasteiger partial charge is 0.0842 e. The minimum atomic E-state index is 0.205. The Balaban J connectivity index is 2.40. The van der Waals surface area contributed by atoms with Crippen molar-refractivity contribution in [3.8, 4) is 0 Å². The van der Waals surface area contributed by atoms with Gasteiger partial charge in [0.15, 0.2) is 0 Å². The van der Waals surface area contributed by atoms with Gasteiger partial charge in [0, 0.05) is 25.7 Å². The Labute approximate surface area is 79.1 Å². The van der Waals surface area contributed by atoms with E-state index < -0.39 is 0 Å². The predicted molar refractivity (Wildman–Crippen MR) is 52.1 cm³/mol. The molecule has 1 aromatic heterocycles. The quantitative estimate of drug-likeness (QED) is 0.747. The Bertz CT molecular complexity index is 254. The minimum Gasteiger partial charge on any atom is -0.327 e. The molecule has 0 aliphatic rings. The highest BCUT2D eigenvalue weighted by Gasteiger charge is 2.08. The summed E-state index contributed by atoms with van der Waals surface area (Å²) in [6.45, 7) is 4.35. The Hall–Kier alpha value is -0.900. The van der Waals surface area contributed by atoms with Crippen molar-refractivity contribution in [2.24, 2.45) is 18.7 Å². The van der Waals surface area contributed by atoms with Crippen LogP contribution in [0.15, 0.2) is 6.20 Å². The zero-order valence-corrected chi connectivity index (χ0v) is 8.57. The lowest BCUT2D eigenvalue weighted by molar-refractivity contribution is 0.490. The van der Waals surface area contributed by atoms with Crippen molar-refractivity contribution in [1.29, 1.82) is 0 Å². The molecule has 0 saturated carbocycles. The molecule has 1 heterocycles. The fourth-order valence-electron chi connectivity index (χ4n) is 1.45. The van der Waals surface area contributed by atoms with Gasteiger partial charge in [0.2, 0.25) is 0 Å². The van der Waals surface area contributed by atoms with Gasteiger partial charge < -0.3 is 5.73 Å². The van der Waals surface area contributed by atoms with Gasteiger partial charge in [-0.25, -0.2) is 0 Å². The molecule has 1 atom stereocenters. The molecule has 0 aliphatic heterocycles. The van der Waals surface area contributed by atoms with Gasteiger partial charge in [-0.3, -0.25) is 4.68 Å². The Kier molecular flexibility index (Phi) is 3.42. The number of aryl methyl sites for hydroxylation is 1. The van der Waals surface area contributed by atoms with Crippen LogP contribution in [0, 0.1) is 5.92 Å². The third kappa shape index (κ3) is 3.55. The molecule has 0 saturated heterocycles. The summed E-state index contributed by atoms with van der Waals surface area (Å²) >= 11 is 0. The fraction of sp³-hybridized carbons (Fsp3) is 0.778. The third-order valence-electron chi connectivity index (χ3n) is 1.90. The molecule has 0 aromatic carbocycles. The Morgan fingerprint density at radius 3 is 2.69 bits per heavy atom. The van der Waals surface area contributed by atoms with E-state index in [-0.39, 0.29) is 6.04 Å². The molecule has 0 aliphatic carbocycles. The van der Waals surface area contributed by atoms with Crippen LogP contribution in [0.4, 0.5) is 0 Å². The van der Waals surface area contributed by atoms with Crippen molar-refractivity contribution in [2.45, 2.75) is 32.7 Å². The highest BCUT2D eigenvalue weighted by Crippen LogP contribution is 2.06. The van der Waals surface area contributed by atoms with Crippen molar-refractivity contribution in [3.05, 3.63) is 11.9 Å². The summed E-state index contributed by atoms with van der Waals surface area (Å²) in [7, 11) is 1.87. The molecule has 0 spiro atoms. The molecule has 4 nitrogen and oxygen atoms in total. The van der Waals surface area contributed by atoms with Crippen molar-refractivity contribution in [2.75, 3.05) is 0 Å². The van der Waals surface area contributed by atoms with Crippen LogP contribution in [0.1, 0.15) is 26.0 Å². The summed E-state index contributed by atoms with van der Waals surface area (Å²) in [6, 6.07) is 0.205. The summed E-state index contributed by atoms with van der Waals surface area (Å²) in [4.78, 5) is 0. The van der Waals surface area contributed by atoms with Gasteiger partial charge in [0.1, 0.15) is 0 Å². The molecule has 74 valence electrons. The molecule has 4 heteroatoms. The topological polar surface area (TPSA) is 56.7 Å². The van der Waals surface area contributed by atoms with Crippen LogP contribution in [0.2, 0.25) is 0 Å². The van der Waals surface area contributed by atoms with E-state index in [2.05, 4.69) is 24.2 Å². The summed E-state index contributed by atoms with van der Waals surface area (Å²) in [6.07, 6.45) is 3.78. The van der Waals surface area contributed by atoms with Crippen molar-refractivity contribution >= 4 is 0 Å². The van der Waals surface area contributed by atoms with E-state index in [1.807, 2.05) is 13.2 Å². The van der Waals surface area contributed by atoms with Crippen LogP contribution in [0.25, 0.3) is 0 Å². The van der Waals surface area contributed by atoms with Gasteiger partial charge in [0.05, 0.1) is 5.69 Å². The van der Waals surface area contributed by atoms with Crippen LogP contribution in [0.5, 0.6) is 0 Å². The number of hydrogen-bond acceptors (Lipinski definition) is 3. The predicted octanol–water partition coefficient (Wildman–Crippen LogP) is 0.731. The second-order valence-corrected chi connectivity index (χ2v) is 3.98. The van der Waals surface area contributed by atoms with Gasteiger partial charge in [-0.15, -0.1) is 5.10 Å². The first-order valence-electron chi connectivity index (χ1n) is 4.68. The van der Waals surface area contributed by atoms with Crippen LogP contribution in [-0.4, -0.2) is 21.0 Å². The highest BCUT2D eigenvalue weighted by atomic mass is 15.4. The summed E-state index contributed by atoms with van der Waals surface area (Å²) in [5.41, 5.74) is 6.92. The monoisotopic (exact) mass is 182 g/mol.